The summed E-state index contributed by atoms with van der Waals surface area (Å²) >= 11 is 0. The summed E-state index contributed by atoms with van der Waals surface area (Å²) in [6, 6.07) is 6.99. The molecule has 0 saturated carbocycles. The normalized spacial score (nSPS) is 14.1. The number of hydrogen-bond donors (Lipinski definition) is 3. The van der Waals surface area contributed by atoms with Crippen molar-refractivity contribution in [3.8, 4) is 11.5 Å². The average Bonchev–Trinajstić information content (AvgIpc) is 2.92. The quantitative estimate of drug-likeness (QED) is 0.576. The molecule has 8 heteroatoms. The lowest BCUT2D eigenvalue weighted by Crippen LogP contribution is -2.22. The number of ether oxygens (including phenoxy) is 2. The van der Waals surface area contributed by atoms with E-state index >= 15 is 0 Å². The average molecular weight is 330 g/mol. The van der Waals surface area contributed by atoms with Crippen LogP contribution in [0.15, 0.2) is 39.9 Å². The van der Waals surface area contributed by atoms with Crippen LogP contribution in [0.4, 0.5) is 5.69 Å². The maximum absolute atomic E-state index is 11.0. The van der Waals surface area contributed by atoms with Crippen LogP contribution >= 0.6 is 0 Å². The maximum Gasteiger partial charge on any atom is 0.251 e. The Bertz CT molecular complexity index is 769. The Morgan fingerprint density at radius 3 is 2.71 bits per heavy atom. The Balaban J connectivity index is 1.64. The Labute approximate surface area is 138 Å². The number of furan rings is 1. The van der Waals surface area contributed by atoms with Crippen LogP contribution in [-0.4, -0.2) is 25.1 Å². The van der Waals surface area contributed by atoms with E-state index in [9.17, 15) is 4.79 Å². The number of carbonyl (C=O) groups excluding carboxylic acids is 1. The topological polar surface area (TPSA) is 125 Å². The second kappa shape index (κ2) is 6.95. The molecule has 0 saturated heterocycles. The molecule has 0 unspecified atom stereocenters. The Hall–Kier alpha value is -3.16. The lowest BCUT2D eigenvalue weighted by Gasteiger charge is -2.10. The fourth-order valence-electron chi connectivity index (χ4n) is 2.18. The third-order valence-electron chi connectivity index (χ3n) is 3.36. The standard InChI is InChI=1S/C16H18N4O4/c17-15(21)10-6-12(24-9-10)8-19-16(18)20-11-2-3-13-14(7-11)23-5-1-4-22-13/h2-3,6-7,9H,1,4-5,8H2,(H2,17,21)(H3,18,19,20). The number of guanidine groups is 1. The van der Waals surface area contributed by atoms with Gasteiger partial charge in [-0.2, -0.15) is 0 Å². The molecule has 0 radical (unpaired) electrons. The number of rotatable bonds is 4. The summed E-state index contributed by atoms with van der Waals surface area (Å²) in [5.74, 6) is 1.53. The molecule has 1 aliphatic rings. The number of nitrogens with one attached hydrogen (secondary N) is 1. The SMILES string of the molecule is NC(=O)c1coc(CN=C(N)Nc2ccc3c(c2)OCCCO3)c1. The van der Waals surface area contributed by atoms with Crippen LogP contribution in [0.1, 0.15) is 22.5 Å². The number of nitrogens with two attached hydrogens (primary N) is 2. The Kier molecular flexibility index (Phi) is 4.55. The van der Waals surface area contributed by atoms with Crippen LogP contribution in [0, 0.1) is 0 Å². The van der Waals surface area contributed by atoms with Crippen LogP contribution in [0.5, 0.6) is 11.5 Å². The molecule has 0 bridgehead atoms. The Morgan fingerprint density at radius 1 is 1.17 bits per heavy atom. The van der Waals surface area contributed by atoms with E-state index in [1.807, 2.05) is 12.1 Å². The third kappa shape index (κ3) is 3.78. The van der Waals surface area contributed by atoms with Crippen molar-refractivity contribution < 1.29 is 18.7 Å². The fraction of sp³-hybridized carbons (Fsp3) is 0.250. The van der Waals surface area contributed by atoms with Crippen LogP contribution in [0.25, 0.3) is 0 Å². The first-order valence-corrected chi connectivity index (χ1v) is 7.45. The van der Waals surface area contributed by atoms with Crippen molar-refractivity contribution in [2.24, 2.45) is 16.5 Å². The molecule has 0 fully saturated rings. The van der Waals surface area contributed by atoms with Gasteiger partial charge in [0.2, 0.25) is 0 Å². The number of nitrogens with zero attached hydrogens (tertiary/aromatic N) is 1. The van der Waals surface area contributed by atoms with E-state index in [0.29, 0.717) is 36.0 Å². The van der Waals surface area contributed by atoms with Crippen LogP contribution in [-0.2, 0) is 6.54 Å². The van der Waals surface area contributed by atoms with Gasteiger partial charge < -0.3 is 30.7 Å². The van der Waals surface area contributed by atoms with E-state index in [0.717, 1.165) is 12.1 Å². The van der Waals surface area contributed by atoms with Gasteiger partial charge in [-0.05, 0) is 18.2 Å². The zero-order valence-corrected chi connectivity index (χ0v) is 13.0. The van der Waals surface area contributed by atoms with Gasteiger partial charge in [-0.1, -0.05) is 0 Å². The van der Waals surface area contributed by atoms with Gasteiger partial charge in [-0.15, -0.1) is 0 Å². The van der Waals surface area contributed by atoms with Crippen molar-refractivity contribution in [1.82, 2.24) is 0 Å². The number of amides is 1. The summed E-state index contributed by atoms with van der Waals surface area (Å²) in [4.78, 5) is 15.2. The van der Waals surface area contributed by atoms with Gasteiger partial charge in [-0.25, -0.2) is 4.99 Å². The molecule has 3 rings (SSSR count). The van der Waals surface area contributed by atoms with Gasteiger partial charge in [0, 0.05) is 18.2 Å². The highest BCUT2D eigenvalue weighted by Gasteiger charge is 2.11. The second-order valence-electron chi connectivity index (χ2n) is 5.20. The summed E-state index contributed by atoms with van der Waals surface area (Å²) in [6.07, 6.45) is 2.14. The fourth-order valence-corrected chi connectivity index (χ4v) is 2.18. The van der Waals surface area contributed by atoms with Gasteiger partial charge in [0.05, 0.1) is 18.8 Å². The lowest BCUT2D eigenvalue weighted by atomic mass is 10.3. The molecule has 1 amide bonds. The van der Waals surface area contributed by atoms with Crippen molar-refractivity contribution >= 4 is 17.6 Å². The Morgan fingerprint density at radius 2 is 1.96 bits per heavy atom. The zero-order valence-electron chi connectivity index (χ0n) is 13.0. The van der Waals surface area contributed by atoms with Crippen LogP contribution in [0.2, 0.25) is 0 Å². The van der Waals surface area contributed by atoms with Crippen molar-refractivity contribution in [2.45, 2.75) is 13.0 Å². The molecule has 1 aromatic heterocycles. The highest BCUT2D eigenvalue weighted by molar-refractivity contribution is 5.93. The van der Waals surface area contributed by atoms with Gasteiger partial charge in [0.1, 0.15) is 18.6 Å². The number of anilines is 1. The van der Waals surface area contributed by atoms with E-state index in [2.05, 4.69) is 10.3 Å². The molecule has 0 atom stereocenters. The first-order valence-electron chi connectivity index (χ1n) is 7.45. The van der Waals surface area contributed by atoms with Crippen molar-refractivity contribution in [1.29, 1.82) is 0 Å². The predicted molar refractivity (Wildman–Crippen MR) is 88.2 cm³/mol. The van der Waals surface area contributed by atoms with Gasteiger partial charge in [-0.3, -0.25) is 4.79 Å². The minimum absolute atomic E-state index is 0.191. The summed E-state index contributed by atoms with van der Waals surface area (Å²) in [5, 5.41) is 2.97. The lowest BCUT2D eigenvalue weighted by molar-refractivity contribution is 0.0999. The first kappa shape index (κ1) is 15.7. The van der Waals surface area contributed by atoms with E-state index in [4.69, 9.17) is 25.4 Å². The third-order valence-corrected chi connectivity index (χ3v) is 3.36. The molecule has 2 heterocycles. The minimum atomic E-state index is -0.549. The van der Waals surface area contributed by atoms with Crippen molar-refractivity contribution in [3.05, 3.63) is 41.9 Å². The van der Waals surface area contributed by atoms with E-state index < -0.39 is 5.91 Å². The minimum Gasteiger partial charge on any atom is -0.490 e. The van der Waals surface area contributed by atoms with E-state index in [1.165, 1.54) is 12.3 Å². The number of primary amides is 1. The number of aliphatic imine (C=N–C) groups is 1. The molecule has 1 aromatic carbocycles. The van der Waals surface area contributed by atoms with E-state index in [-0.39, 0.29) is 12.5 Å². The zero-order chi connectivity index (χ0) is 16.9. The summed E-state index contributed by atoms with van der Waals surface area (Å²) in [6.45, 7) is 1.44. The maximum atomic E-state index is 11.0. The molecular formula is C16H18N4O4. The van der Waals surface area contributed by atoms with E-state index in [1.54, 1.807) is 6.07 Å². The van der Waals surface area contributed by atoms with Gasteiger partial charge in [0.25, 0.3) is 5.91 Å². The molecule has 126 valence electrons. The highest BCUT2D eigenvalue weighted by atomic mass is 16.5. The van der Waals surface area contributed by atoms with Gasteiger partial charge in [0.15, 0.2) is 17.5 Å². The summed E-state index contributed by atoms with van der Waals surface area (Å²) < 4.78 is 16.4. The summed E-state index contributed by atoms with van der Waals surface area (Å²) in [7, 11) is 0. The van der Waals surface area contributed by atoms with Crippen molar-refractivity contribution in [3.63, 3.8) is 0 Å². The largest absolute Gasteiger partial charge is 0.490 e. The molecule has 2 aromatic rings. The highest BCUT2D eigenvalue weighted by Crippen LogP contribution is 2.32. The summed E-state index contributed by atoms with van der Waals surface area (Å²) in [5.41, 5.74) is 12.1. The molecule has 1 aliphatic heterocycles. The molecular weight excluding hydrogens is 312 g/mol. The second-order valence-corrected chi connectivity index (χ2v) is 5.20. The van der Waals surface area contributed by atoms with Crippen LogP contribution in [0.3, 0.4) is 0 Å². The number of carbonyl (C=O) groups is 1. The number of benzene rings is 1. The molecule has 0 aliphatic carbocycles. The molecule has 24 heavy (non-hydrogen) atoms. The molecule has 0 spiro atoms. The number of hydrogen-bond acceptors (Lipinski definition) is 5. The molecule has 5 N–H and O–H groups in total. The number of fused-ring (bicyclic) bond motifs is 1. The predicted octanol–water partition coefficient (Wildman–Crippen LogP) is 1.47. The van der Waals surface area contributed by atoms with Gasteiger partial charge >= 0.3 is 0 Å². The molecule has 8 nitrogen and oxygen atoms in total. The van der Waals surface area contributed by atoms with Crippen LogP contribution < -0.4 is 26.3 Å². The van der Waals surface area contributed by atoms with Crippen molar-refractivity contribution in [2.75, 3.05) is 18.5 Å². The monoisotopic (exact) mass is 330 g/mol. The first-order chi connectivity index (χ1) is 11.6. The smallest absolute Gasteiger partial charge is 0.251 e.